The smallest absolute Gasteiger partial charge is 0.326 e. The molecule has 19 heavy (non-hydrogen) atoms. The minimum Gasteiger partial charge on any atom is -0.480 e. The van der Waals surface area contributed by atoms with Gasteiger partial charge in [0.25, 0.3) is 0 Å². The Balaban J connectivity index is 2.39. The molecule has 0 aromatic carbocycles. The molecular weight excluding hydrogens is 290 g/mol. The molecule has 1 heterocycles. The Hall–Kier alpha value is -1.48. The molecule has 0 aliphatic carbocycles. The van der Waals surface area contributed by atoms with Crippen LogP contribution in [-0.4, -0.2) is 40.1 Å². The second kappa shape index (κ2) is 7.85. The van der Waals surface area contributed by atoms with Gasteiger partial charge < -0.3 is 20.7 Å². The van der Waals surface area contributed by atoms with Crippen molar-refractivity contribution in [3.05, 3.63) is 20.7 Å². The predicted molar refractivity (Wildman–Crippen MR) is 74.7 cm³/mol. The van der Waals surface area contributed by atoms with Crippen LogP contribution in [0.3, 0.4) is 0 Å². The van der Waals surface area contributed by atoms with Crippen molar-refractivity contribution in [2.45, 2.75) is 19.0 Å². The Labute approximate surface area is 117 Å². The van der Waals surface area contributed by atoms with Crippen LogP contribution >= 0.6 is 23.1 Å². The van der Waals surface area contributed by atoms with Crippen LogP contribution in [0.2, 0.25) is 0 Å². The van der Waals surface area contributed by atoms with Crippen LogP contribution < -0.4 is 15.5 Å². The maximum Gasteiger partial charge on any atom is 0.326 e. The zero-order valence-corrected chi connectivity index (χ0v) is 11.9. The molecule has 7 nitrogen and oxygen atoms in total. The number of thiazole rings is 1. The van der Waals surface area contributed by atoms with E-state index in [9.17, 15) is 14.4 Å². The molecule has 0 bridgehead atoms. The second-order valence-electron chi connectivity index (χ2n) is 3.67. The van der Waals surface area contributed by atoms with E-state index in [-0.39, 0.29) is 11.4 Å². The number of rotatable bonds is 7. The van der Waals surface area contributed by atoms with Crippen molar-refractivity contribution in [1.29, 1.82) is 0 Å². The fraction of sp³-hybridized carbons (Fsp3) is 0.500. The number of thioether (sulfide) groups is 1. The third kappa shape index (κ3) is 5.79. The third-order valence-electron chi connectivity index (χ3n) is 2.22. The summed E-state index contributed by atoms with van der Waals surface area (Å²) in [6.45, 7) is 0.152. The number of carbonyl (C=O) groups excluding carboxylic acids is 1. The lowest BCUT2D eigenvalue weighted by atomic mass is 10.2. The van der Waals surface area contributed by atoms with E-state index in [0.717, 1.165) is 11.3 Å². The normalized spacial score (nSPS) is 11.8. The van der Waals surface area contributed by atoms with Crippen molar-refractivity contribution in [3.63, 3.8) is 0 Å². The van der Waals surface area contributed by atoms with Crippen LogP contribution in [0.25, 0.3) is 0 Å². The summed E-state index contributed by atoms with van der Waals surface area (Å²) in [6.07, 6.45) is 2.23. The van der Waals surface area contributed by atoms with Crippen molar-refractivity contribution in [1.82, 2.24) is 15.6 Å². The van der Waals surface area contributed by atoms with Crippen molar-refractivity contribution < 1.29 is 14.7 Å². The van der Waals surface area contributed by atoms with Gasteiger partial charge in [0.2, 0.25) is 0 Å². The van der Waals surface area contributed by atoms with E-state index in [1.807, 2.05) is 6.26 Å². The molecule has 106 valence electrons. The highest BCUT2D eigenvalue weighted by Gasteiger charge is 2.19. The van der Waals surface area contributed by atoms with Gasteiger partial charge in [-0.2, -0.15) is 11.8 Å². The maximum atomic E-state index is 11.5. The summed E-state index contributed by atoms with van der Waals surface area (Å²) in [4.78, 5) is 35.7. The average molecular weight is 305 g/mol. The third-order valence-corrected chi connectivity index (χ3v) is 3.59. The molecule has 1 atom stereocenters. The van der Waals surface area contributed by atoms with Crippen molar-refractivity contribution >= 4 is 35.1 Å². The molecule has 1 rings (SSSR count). The van der Waals surface area contributed by atoms with Gasteiger partial charge in [-0.25, -0.2) is 9.59 Å². The zero-order chi connectivity index (χ0) is 14.3. The Bertz CT molecular complexity index is 485. The molecule has 2 amide bonds. The van der Waals surface area contributed by atoms with Crippen molar-refractivity contribution in [2.75, 3.05) is 12.0 Å². The van der Waals surface area contributed by atoms with Gasteiger partial charge in [-0.05, 0) is 18.4 Å². The van der Waals surface area contributed by atoms with Gasteiger partial charge in [0.05, 0.1) is 6.54 Å². The molecular formula is C10H15N3O4S2. The number of hydrogen-bond donors (Lipinski definition) is 4. The standard InChI is InChI=1S/C10H15N3O4S2/c1-18-3-2-7(8(14)15)13-9(16)11-4-6-5-19-10(17)12-6/h5,7H,2-4H2,1H3,(H,12,17)(H,14,15)(H2,11,13,16)/t7-/m1/s1. The van der Waals surface area contributed by atoms with Crippen LogP contribution in [0.15, 0.2) is 10.2 Å². The molecule has 0 fully saturated rings. The van der Waals surface area contributed by atoms with Gasteiger partial charge in [-0.3, -0.25) is 4.79 Å². The highest BCUT2D eigenvalue weighted by molar-refractivity contribution is 7.98. The fourth-order valence-corrected chi connectivity index (χ4v) is 2.33. The Morgan fingerprint density at radius 1 is 1.58 bits per heavy atom. The Morgan fingerprint density at radius 2 is 2.32 bits per heavy atom. The number of amides is 2. The van der Waals surface area contributed by atoms with Gasteiger partial charge in [0.15, 0.2) is 0 Å². The fourth-order valence-electron chi connectivity index (χ4n) is 1.28. The number of carboxylic acids is 1. The largest absolute Gasteiger partial charge is 0.480 e. The van der Waals surface area contributed by atoms with Gasteiger partial charge in [-0.1, -0.05) is 11.3 Å². The number of aromatic nitrogens is 1. The topological polar surface area (TPSA) is 111 Å². The van der Waals surface area contributed by atoms with E-state index in [0.29, 0.717) is 17.9 Å². The monoisotopic (exact) mass is 305 g/mol. The molecule has 0 aliphatic heterocycles. The summed E-state index contributed by atoms with van der Waals surface area (Å²) in [6, 6.07) is -1.48. The zero-order valence-electron chi connectivity index (χ0n) is 10.3. The summed E-state index contributed by atoms with van der Waals surface area (Å²) in [5, 5.41) is 15.4. The molecule has 0 spiro atoms. The minimum atomic E-state index is -1.06. The van der Waals surface area contributed by atoms with E-state index in [1.54, 1.807) is 5.38 Å². The van der Waals surface area contributed by atoms with Crippen LogP contribution in [0.5, 0.6) is 0 Å². The van der Waals surface area contributed by atoms with Gasteiger partial charge in [0, 0.05) is 11.1 Å². The molecule has 0 radical (unpaired) electrons. The molecule has 0 saturated carbocycles. The molecule has 1 aromatic rings. The van der Waals surface area contributed by atoms with Gasteiger partial charge in [-0.15, -0.1) is 0 Å². The predicted octanol–water partition coefficient (Wildman–Crippen LogP) is 0.442. The van der Waals surface area contributed by atoms with Crippen LogP contribution in [-0.2, 0) is 11.3 Å². The van der Waals surface area contributed by atoms with E-state index in [4.69, 9.17) is 5.11 Å². The van der Waals surface area contributed by atoms with Crippen molar-refractivity contribution in [3.8, 4) is 0 Å². The number of H-pyrrole nitrogens is 1. The lowest BCUT2D eigenvalue weighted by Gasteiger charge is -2.14. The first kappa shape index (κ1) is 15.6. The molecule has 0 unspecified atom stereocenters. The first-order valence-corrected chi connectivity index (χ1v) is 7.73. The van der Waals surface area contributed by atoms with Crippen molar-refractivity contribution in [2.24, 2.45) is 0 Å². The van der Waals surface area contributed by atoms with E-state index in [1.165, 1.54) is 11.8 Å². The number of carbonyl (C=O) groups is 2. The Kier molecular flexibility index (Phi) is 6.43. The van der Waals surface area contributed by atoms with E-state index >= 15 is 0 Å². The summed E-state index contributed by atoms with van der Waals surface area (Å²) in [5.74, 6) is -0.414. The lowest BCUT2D eigenvalue weighted by Crippen LogP contribution is -2.46. The summed E-state index contributed by atoms with van der Waals surface area (Å²) >= 11 is 2.52. The number of aromatic amines is 1. The second-order valence-corrected chi connectivity index (χ2v) is 5.50. The first-order chi connectivity index (χ1) is 9.02. The summed E-state index contributed by atoms with van der Waals surface area (Å²) < 4.78 is 0. The SMILES string of the molecule is CSCC[C@@H](NC(=O)NCc1csc(=O)[nH]1)C(=O)O. The highest BCUT2D eigenvalue weighted by Crippen LogP contribution is 2.01. The van der Waals surface area contributed by atoms with Crippen LogP contribution in [0.1, 0.15) is 12.1 Å². The lowest BCUT2D eigenvalue weighted by molar-refractivity contribution is -0.139. The molecule has 9 heteroatoms. The maximum absolute atomic E-state index is 11.5. The number of urea groups is 1. The number of carboxylic acid groups (broad SMARTS) is 1. The number of aliphatic carboxylic acids is 1. The highest BCUT2D eigenvalue weighted by atomic mass is 32.2. The number of hydrogen-bond acceptors (Lipinski definition) is 5. The molecule has 1 aromatic heterocycles. The average Bonchev–Trinajstić information content (AvgIpc) is 2.77. The van der Waals surface area contributed by atoms with Gasteiger partial charge in [0.1, 0.15) is 6.04 Å². The molecule has 0 aliphatic rings. The number of nitrogens with one attached hydrogen (secondary N) is 3. The molecule has 0 saturated heterocycles. The summed E-state index contributed by atoms with van der Waals surface area (Å²) in [5.41, 5.74) is 0.584. The summed E-state index contributed by atoms with van der Waals surface area (Å²) in [7, 11) is 0. The first-order valence-electron chi connectivity index (χ1n) is 5.45. The quantitative estimate of drug-likeness (QED) is 0.584. The molecule has 4 N–H and O–H groups in total. The van der Waals surface area contributed by atoms with E-state index < -0.39 is 18.0 Å². The van der Waals surface area contributed by atoms with Crippen LogP contribution in [0.4, 0.5) is 4.79 Å². The van der Waals surface area contributed by atoms with Crippen LogP contribution in [0, 0.1) is 0 Å². The van der Waals surface area contributed by atoms with E-state index in [2.05, 4.69) is 15.6 Å². The van der Waals surface area contributed by atoms with Gasteiger partial charge >= 0.3 is 16.9 Å². The Morgan fingerprint density at radius 3 is 2.84 bits per heavy atom. The minimum absolute atomic E-state index is 0.152.